The highest BCUT2D eigenvalue weighted by molar-refractivity contribution is 6.30. The Morgan fingerprint density at radius 1 is 1.03 bits per heavy atom. The van der Waals surface area contributed by atoms with Gasteiger partial charge < -0.3 is 15.1 Å². The fourth-order valence-corrected chi connectivity index (χ4v) is 4.71. The molecule has 2 saturated heterocycles. The van der Waals surface area contributed by atoms with E-state index in [1.54, 1.807) is 12.1 Å². The average Bonchev–Trinajstić information content (AvgIpc) is 2.81. The van der Waals surface area contributed by atoms with E-state index in [0.29, 0.717) is 17.4 Å². The van der Waals surface area contributed by atoms with E-state index in [0.717, 1.165) is 63.9 Å². The van der Waals surface area contributed by atoms with Gasteiger partial charge in [-0.05, 0) is 61.7 Å². The fourth-order valence-electron chi connectivity index (χ4n) is 4.59. The van der Waals surface area contributed by atoms with Crippen LogP contribution in [0.15, 0.2) is 48.7 Å². The van der Waals surface area contributed by atoms with Crippen molar-refractivity contribution in [1.82, 2.24) is 14.8 Å². The van der Waals surface area contributed by atoms with Gasteiger partial charge in [0.15, 0.2) is 0 Å². The quantitative estimate of drug-likeness (QED) is 0.711. The zero-order chi connectivity index (χ0) is 21.5. The van der Waals surface area contributed by atoms with Gasteiger partial charge >= 0.3 is 0 Å². The number of hydrogen-bond donors (Lipinski definition) is 1. The zero-order valence-corrected chi connectivity index (χ0v) is 18.8. The minimum Gasteiger partial charge on any atom is -0.354 e. The summed E-state index contributed by atoms with van der Waals surface area (Å²) in [5, 5.41) is 3.64. The van der Waals surface area contributed by atoms with Crippen LogP contribution in [-0.2, 0) is 4.79 Å². The summed E-state index contributed by atoms with van der Waals surface area (Å²) in [6.45, 7) is 8.43. The topological polar surface area (TPSA) is 51.7 Å². The zero-order valence-electron chi connectivity index (χ0n) is 18.0. The first-order valence-electron chi connectivity index (χ1n) is 11.3. The molecule has 0 bridgehead atoms. The van der Waals surface area contributed by atoms with E-state index < -0.39 is 0 Å². The van der Waals surface area contributed by atoms with Crippen molar-refractivity contribution < 1.29 is 4.79 Å². The van der Waals surface area contributed by atoms with Crippen LogP contribution in [0.5, 0.6) is 0 Å². The lowest BCUT2D eigenvalue weighted by molar-refractivity contribution is -0.116. The molecule has 7 heteroatoms. The van der Waals surface area contributed by atoms with Crippen LogP contribution < -0.4 is 10.2 Å². The highest BCUT2D eigenvalue weighted by atomic mass is 35.5. The largest absolute Gasteiger partial charge is 0.354 e. The van der Waals surface area contributed by atoms with Crippen LogP contribution in [0.4, 0.5) is 11.5 Å². The molecule has 31 heavy (non-hydrogen) atoms. The summed E-state index contributed by atoms with van der Waals surface area (Å²) in [5.41, 5.74) is 0.802. The second-order valence-corrected chi connectivity index (χ2v) is 9.03. The summed E-state index contributed by atoms with van der Waals surface area (Å²) in [6.07, 6.45) is 4.90. The van der Waals surface area contributed by atoms with Crippen molar-refractivity contribution >= 4 is 29.0 Å². The summed E-state index contributed by atoms with van der Waals surface area (Å²) in [7, 11) is 0. The number of rotatable bonds is 7. The van der Waals surface area contributed by atoms with Crippen LogP contribution in [-0.4, -0.2) is 73.0 Å². The molecule has 3 heterocycles. The third-order valence-corrected chi connectivity index (χ3v) is 6.50. The lowest BCUT2D eigenvalue weighted by Crippen LogP contribution is -2.50. The third-order valence-electron chi connectivity index (χ3n) is 6.25. The Labute approximate surface area is 190 Å². The van der Waals surface area contributed by atoms with Gasteiger partial charge in [-0.25, -0.2) is 4.98 Å². The van der Waals surface area contributed by atoms with Crippen molar-refractivity contribution in [3.63, 3.8) is 0 Å². The average molecular weight is 442 g/mol. The summed E-state index contributed by atoms with van der Waals surface area (Å²) < 4.78 is 0. The van der Waals surface area contributed by atoms with Gasteiger partial charge in [0.25, 0.3) is 0 Å². The SMILES string of the molecule is O=C(CCN1CCCC(CN2CCN(c3ccccn3)CC2)C1)Nc1ccc(Cl)cc1. The van der Waals surface area contributed by atoms with Gasteiger partial charge in [-0.3, -0.25) is 9.69 Å². The molecule has 166 valence electrons. The normalized spacial score (nSPS) is 20.5. The van der Waals surface area contributed by atoms with Crippen LogP contribution in [0, 0.1) is 5.92 Å². The molecule has 1 atom stereocenters. The van der Waals surface area contributed by atoms with Gasteiger partial charge in [-0.15, -0.1) is 0 Å². The molecule has 2 aliphatic heterocycles. The number of aromatic nitrogens is 1. The van der Waals surface area contributed by atoms with Gasteiger partial charge in [0.1, 0.15) is 5.82 Å². The van der Waals surface area contributed by atoms with Gasteiger partial charge in [0.05, 0.1) is 0 Å². The second kappa shape index (κ2) is 10.9. The Kier molecular flexibility index (Phi) is 7.78. The number of carbonyl (C=O) groups excluding carboxylic acids is 1. The number of likely N-dealkylation sites (tertiary alicyclic amines) is 1. The maximum Gasteiger partial charge on any atom is 0.225 e. The fraction of sp³-hybridized carbons (Fsp3) is 0.500. The summed E-state index contributed by atoms with van der Waals surface area (Å²) >= 11 is 5.90. The van der Waals surface area contributed by atoms with E-state index in [-0.39, 0.29) is 5.91 Å². The van der Waals surface area contributed by atoms with E-state index in [1.165, 1.54) is 12.8 Å². The Hall–Kier alpha value is -2.15. The number of piperazine rings is 1. The minimum absolute atomic E-state index is 0.0649. The number of amides is 1. The third kappa shape index (κ3) is 6.66. The molecule has 6 nitrogen and oxygen atoms in total. The maximum atomic E-state index is 12.3. The molecule has 0 saturated carbocycles. The molecule has 0 spiro atoms. The molecule has 1 unspecified atom stereocenters. The first kappa shape index (κ1) is 22.1. The number of halogens is 1. The molecule has 2 aliphatic rings. The van der Waals surface area contributed by atoms with Gasteiger partial charge in [-0.2, -0.15) is 0 Å². The van der Waals surface area contributed by atoms with Crippen molar-refractivity contribution in [2.75, 3.05) is 62.6 Å². The van der Waals surface area contributed by atoms with Gasteiger partial charge in [0.2, 0.25) is 5.91 Å². The molecule has 0 radical (unpaired) electrons. The minimum atomic E-state index is 0.0649. The molecule has 1 aromatic heterocycles. The first-order valence-corrected chi connectivity index (χ1v) is 11.7. The van der Waals surface area contributed by atoms with Crippen molar-refractivity contribution in [1.29, 1.82) is 0 Å². The Morgan fingerprint density at radius 3 is 2.58 bits per heavy atom. The summed E-state index contributed by atoms with van der Waals surface area (Å²) in [6, 6.07) is 13.4. The Bertz CT molecular complexity index is 824. The number of benzene rings is 1. The summed E-state index contributed by atoms with van der Waals surface area (Å²) in [4.78, 5) is 24.2. The first-order chi connectivity index (χ1) is 15.2. The lowest BCUT2D eigenvalue weighted by Gasteiger charge is -2.39. The van der Waals surface area contributed by atoms with Gasteiger partial charge in [0, 0.05) is 69.1 Å². The van der Waals surface area contributed by atoms with Crippen LogP contribution >= 0.6 is 11.6 Å². The monoisotopic (exact) mass is 441 g/mol. The van der Waals surface area contributed by atoms with Crippen molar-refractivity contribution in [3.8, 4) is 0 Å². The number of anilines is 2. The molecular weight excluding hydrogens is 410 g/mol. The molecule has 2 fully saturated rings. The predicted octanol–water partition coefficient (Wildman–Crippen LogP) is 3.60. The molecule has 1 N–H and O–H groups in total. The molecule has 2 aromatic rings. The van der Waals surface area contributed by atoms with E-state index in [2.05, 4.69) is 37.1 Å². The van der Waals surface area contributed by atoms with Crippen LogP contribution in [0.3, 0.4) is 0 Å². The van der Waals surface area contributed by atoms with E-state index in [9.17, 15) is 4.79 Å². The van der Waals surface area contributed by atoms with E-state index >= 15 is 0 Å². The Balaban J connectivity index is 1.17. The van der Waals surface area contributed by atoms with E-state index in [4.69, 9.17) is 11.6 Å². The highest BCUT2D eigenvalue weighted by Crippen LogP contribution is 2.20. The Morgan fingerprint density at radius 2 is 1.84 bits per heavy atom. The van der Waals surface area contributed by atoms with Crippen LogP contribution in [0.2, 0.25) is 5.02 Å². The predicted molar refractivity (Wildman–Crippen MR) is 127 cm³/mol. The summed E-state index contributed by atoms with van der Waals surface area (Å²) in [5.74, 6) is 1.84. The van der Waals surface area contributed by atoms with Crippen molar-refractivity contribution in [2.45, 2.75) is 19.3 Å². The highest BCUT2D eigenvalue weighted by Gasteiger charge is 2.25. The van der Waals surface area contributed by atoms with Crippen molar-refractivity contribution in [3.05, 3.63) is 53.7 Å². The molecule has 0 aliphatic carbocycles. The number of carbonyl (C=O) groups is 1. The lowest BCUT2D eigenvalue weighted by atomic mass is 9.97. The molecule has 1 amide bonds. The number of nitrogens with one attached hydrogen (secondary N) is 1. The second-order valence-electron chi connectivity index (χ2n) is 8.59. The molecular formula is C24H32ClN5O. The van der Waals surface area contributed by atoms with E-state index in [1.807, 2.05) is 24.4 Å². The maximum absolute atomic E-state index is 12.3. The number of nitrogens with zero attached hydrogens (tertiary/aromatic N) is 4. The number of pyridine rings is 1. The van der Waals surface area contributed by atoms with Crippen molar-refractivity contribution in [2.24, 2.45) is 5.92 Å². The number of hydrogen-bond acceptors (Lipinski definition) is 5. The number of piperidine rings is 1. The van der Waals surface area contributed by atoms with Gasteiger partial charge in [-0.1, -0.05) is 17.7 Å². The molecule has 1 aromatic carbocycles. The molecule has 4 rings (SSSR count). The van der Waals surface area contributed by atoms with Crippen LogP contribution in [0.1, 0.15) is 19.3 Å². The smallest absolute Gasteiger partial charge is 0.225 e. The van der Waals surface area contributed by atoms with Crippen LogP contribution in [0.25, 0.3) is 0 Å². The standard InChI is InChI=1S/C24H32ClN5O/c25-21-6-8-22(9-7-21)27-24(31)10-13-28-12-3-4-20(18-28)19-29-14-16-30(17-15-29)23-5-1-2-11-26-23/h1-2,5-9,11,20H,3-4,10,12-19H2,(H,27,31).